The SMILES string of the molecule is CC(O)c1ccccc1C1CCSCC1. The van der Waals surface area contributed by atoms with Gasteiger partial charge in [0.15, 0.2) is 0 Å². The maximum Gasteiger partial charge on any atom is 0.0764 e. The van der Waals surface area contributed by atoms with Crippen molar-refractivity contribution >= 4 is 11.8 Å². The second-order valence-corrected chi connectivity index (χ2v) is 5.42. The molecule has 1 N–H and O–H groups in total. The van der Waals surface area contributed by atoms with Crippen LogP contribution in [0.5, 0.6) is 0 Å². The molecule has 1 unspecified atom stereocenters. The van der Waals surface area contributed by atoms with Crippen molar-refractivity contribution in [1.29, 1.82) is 0 Å². The van der Waals surface area contributed by atoms with Crippen LogP contribution in [0.1, 0.15) is 42.9 Å². The van der Waals surface area contributed by atoms with Gasteiger partial charge in [-0.3, -0.25) is 0 Å². The summed E-state index contributed by atoms with van der Waals surface area (Å²) in [4.78, 5) is 0. The largest absolute Gasteiger partial charge is 0.389 e. The van der Waals surface area contributed by atoms with Gasteiger partial charge in [-0.2, -0.15) is 11.8 Å². The second kappa shape index (κ2) is 5.04. The molecule has 0 aromatic heterocycles. The molecule has 2 rings (SSSR count). The zero-order chi connectivity index (χ0) is 10.7. The number of rotatable bonds is 2. The minimum atomic E-state index is -0.337. The fourth-order valence-corrected chi connectivity index (χ4v) is 3.38. The number of thioether (sulfide) groups is 1. The Morgan fingerprint density at radius 2 is 1.93 bits per heavy atom. The molecule has 0 bridgehead atoms. The average molecular weight is 222 g/mol. The molecule has 2 heteroatoms. The number of aliphatic hydroxyl groups is 1. The molecule has 1 aromatic rings. The van der Waals surface area contributed by atoms with E-state index >= 15 is 0 Å². The van der Waals surface area contributed by atoms with Crippen LogP contribution in [-0.4, -0.2) is 16.6 Å². The minimum Gasteiger partial charge on any atom is -0.389 e. The summed E-state index contributed by atoms with van der Waals surface area (Å²) in [7, 11) is 0. The number of hydrogen-bond donors (Lipinski definition) is 1. The monoisotopic (exact) mass is 222 g/mol. The molecule has 0 radical (unpaired) electrons. The normalized spacial score (nSPS) is 20.1. The van der Waals surface area contributed by atoms with Gasteiger partial charge in [-0.05, 0) is 48.3 Å². The predicted molar refractivity (Wildman–Crippen MR) is 66.4 cm³/mol. The van der Waals surface area contributed by atoms with Gasteiger partial charge in [0.05, 0.1) is 6.10 Å². The molecule has 1 aliphatic rings. The first-order chi connectivity index (χ1) is 7.29. The topological polar surface area (TPSA) is 20.2 Å². The first-order valence-electron chi connectivity index (χ1n) is 5.63. The van der Waals surface area contributed by atoms with E-state index in [1.54, 1.807) is 0 Å². The molecule has 1 atom stereocenters. The second-order valence-electron chi connectivity index (χ2n) is 4.19. The Hall–Kier alpha value is -0.470. The van der Waals surface area contributed by atoms with E-state index in [0.29, 0.717) is 5.92 Å². The average Bonchev–Trinajstić information content (AvgIpc) is 2.30. The molecule has 1 heterocycles. The Kier molecular flexibility index (Phi) is 3.71. The van der Waals surface area contributed by atoms with Crippen molar-refractivity contribution < 1.29 is 5.11 Å². The highest BCUT2D eigenvalue weighted by atomic mass is 32.2. The van der Waals surface area contributed by atoms with Crippen LogP contribution in [0.4, 0.5) is 0 Å². The van der Waals surface area contributed by atoms with E-state index in [1.165, 1.54) is 29.9 Å². The minimum absolute atomic E-state index is 0.337. The third kappa shape index (κ3) is 2.56. The van der Waals surface area contributed by atoms with Crippen LogP contribution in [0.25, 0.3) is 0 Å². The standard InChI is InChI=1S/C13H18OS/c1-10(14)12-4-2-3-5-13(12)11-6-8-15-9-7-11/h2-5,10-11,14H,6-9H2,1H3. The molecule has 0 spiro atoms. The third-order valence-corrected chi connectivity index (χ3v) is 4.16. The van der Waals surface area contributed by atoms with Gasteiger partial charge < -0.3 is 5.11 Å². The lowest BCUT2D eigenvalue weighted by molar-refractivity contribution is 0.197. The van der Waals surface area contributed by atoms with Crippen molar-refractivity contribution in [3.63, 3.8) is 0 Å². The van der Waals surface area contributed by atoms with Crippen LogP contribution >= 0.6 is 11.8 Å². The van der Waals surface area contributed by atoms with Gasteiger partial charge in [0, 0.05) is 0 Å². The van der Waals surface area contributed by atoms with Gasteiger partial charge in [-0.15, -0.1) is 0 Å². The highest BCUT2D eigenvalue weighted by molar-refractivity contribution is 7.99. The van der Waals surface area contributed by atoms with E-state index in [1.807, 2.05) is 24.8 Å². The van der Waals surface area contributed by atoms with Gasteiger partial charge in [0.1, 0.15) is 0 Å². The van der Waals surface area contributed by atoms with E-state index in [0.717, 1.165) is 5.56 Å². The lowest BCUT2D eigenvalue weighted by Gasteiger charge is -2.24. The highest BCUT2D eigenvalue weighted by Crippen LogP contribution is 2.34. The maximum absolute atomic E-state index is 9.73. The summed E-state index contributed by atoms with van der Waals surface area (Å²) in [5.41, 5.74) is 2.49. The Bertz CT molecular complexity index is 316. The summed E-state index contributed by atoms with van der Waals surface area (Å²) < 4.78 is 0. The number of aliphatic hydroxyl groups excluding tert-OH is 1. The summed E-state index contributed by atoms with van der Waals surface area (Å²) in [5, 5.41) is 9.73. The van der Waals surface area contributed by atoms with E-state index in [-0.39, 0.29) is 6.10 Å². The molecule has 1 aromatic carbocycles. The zero-order valence-electron chi connectivity index (χ0n) is 9.15. The molecule has 15 heavy (non-hydrogen) atoms. The quantitative estimate of drug-likeness (QED) is 0.828. The number of hydrogen-bond acceptors (Lipinski definition) is 2. The highest BCUT2D eigenvalue weighted by Gasteiger charge is 2.19. The van der Waals surface area contributed by atoms with Crippen LogP contribution in [0.15, 0.2) is 24.3 Å². The summed E-state index contributed by atoms with van der Waals surface area (Å²) in [6.45, 7) is 1.86. The summed E-state index contributed by atoms with van der Waals surface area (Å²) in [6, 6.07) is 8.34. The van der Waals surface area contributed by atoms with Crippen molar-refractivity contribution in [2.75, 3.05) is 11.5 Å². The summed E-state index contributed by atoms with van der Waals surface area (Å²) in [5.74, 6) is 3.19. The Labute approximate surface area is 95.9 Å². The molecule has 1 fully saturated rings. The summed E-state index contributed by atoms with van der Waals surface area (Å²) >= 11 is 2.05. The first kappa shape index (κ1) is 11.0. The van der Waals surface area contributed by atoms with E-state index in [2.05, 4.69) is 18.2 Å². The van der Waals surface area contributed by atoms with Crippen molar-refractivity contribution in [2.45, 2.75) is 31.8 Å². The van der Waals surface area contributed by atoms with Crippen LogP contribution in [0, 0.1) is 0 Å². The van der Waals surface area contributed by atoms with Gasteiger partial charge >= 0.3 is 0 Å². The molecule has 0 amide bonds. The molecule has 1 saturated heterocycles. The molecular weight excluding hydrogens is 204 g/mol. The lowest BCUT2D eigenvalue weighted by Crippen LogP contribution is -2.11. The Morgan fingerprint density at radius 3 is 2.60 bits per heavy atom. The fourth-order valence-electron chi connectivity index (χ4n) is 2.27. The molecule has 0 saturated carbocycles. The van der Waals surface area contributed by atoms with Crippen LogP contribution < -0.4 is 0 Å². The fraction of sp³-hybridized carbons (Fsp3) is 0.538. The predicted octanol–water partition coefficient (Wildman–Crippen LogP) is 3.35. The van der Waals surface area contributed by atoms with Crippen molar-refractivity contribution in [3.8, 4) is 0 Å². The molecular formula is C13H18OS. The third-order valence-electron chi connectivity index (χ3n) is 3.11. The summed E-state index contributed by atoms with van der Waals surface area (Å²) in [6.07, 6.45) is 2.18. The van der Waals surface area contributed by atoms with Gasteiger partial charge in [0.2, 0.25) is 0 Å². The van der Waals surface area contributed by atoms with Crippen LogP contribution in [0.3, 0.4) is 0 Å². The molecule has 1 nitrogen and oxygen atoms in total. The van der Waals surface area contributed by atoms with E-state index in [9.17, 15) is 5.11 Å². The smallest absolute Gasteiger partial charge is 0.0764 e. The number of benzene rings is 1. The maximum atomic E-state index is 9.73. The van der Waals surface area contributed by atoms with Gasteiger partial charge in [0.25, 0.3) is 0 Å². The molecule has 82 valence electrons. The lowest BCUT2D eigenvalue weighted by atomic mass is 9.88. The Morgan fingerprint density at radius 1 is 1.27 bits per heavy atom. The van der Waals surface area contributed by atoms with Crippen molar-refractivity contribution in [3.05, 3.63) is 35.4 Å². The first-order valence-corrected chi connectivity index (χ1v) is 6.79. The van der Waals surface area contributed by atoms with E-state index < -0.39 is 0 Å². The van der Waals surface area contributed by atoms with Crippen molar-refractivity contribution in [2.24, 2.45) is 0 Å². The van der Waals surface area contributed by atoms with Crippen molar-refractivity contribution in [1.82, 2.24) is 0 Å². The van der Waals surface area contributed by atoms with Gasteiger partial charge in [-0.1, -0.05) is 24.3 Å². The molecule has 0 aliphatic carbocycles. The van der Waals surface area contributed by atoms with Crippen LogP contribution in [-0.2, 0) is 0 Å². The zero-order valence-corrected chi connectivity index (χ0v) is 9.96. The molecule has 1 aliphatic heterocycles. The van der Waals surface area contributed by atoms with Gasteiger partial charge in [-0.25, -0.2) is 0 Å². The van der Waals surface area contributed by atoms with Crippen LogP contribution in [0.2, 0.25) is 0 Å². The Balaban J connectivity index is 2.25. The van der Waals surface area contributed by atoms with E-state index in [4.69, 9.17) is 0 Å².